The lowest BCUT2D eigenvalue weighted by molar-refractivity contribution is -0.128. The molecular weight excluding hydrogens is 430 g/mol. The maximum absolute atomic E-state index is 12.7. The van der Waals surface area contributed by atoms with E-state index in [0.717, 1.165) is 16.9 Å². The molecule has 0 atom stereocenters. The first-order chi connectivity index (χ1) is 15.5. The minimum atomic E-state index is -0.0250. The summed E-state index contributed by atoms with van der Waals surface area (Å²) in [5, 5.41) is 8.32. The molecule has 0 bridgehead atoms. The number of carbonyl (C=O) groups excluding carboxylic acids is 1. The third-order valence-electron chi connectivity index (χ3n) is 4.68. The predicted octanol–water partition coefficient (Wildman–Crippen LogP) is 4.12. The fourth-order valence-electron chi connectivity index (χ4n) is 3.00. The van der Waals surface area contributed by atoms with E-state index in [1.165, 1.54) is 11.8 Å². The highest BCUT2D eigenvalue weighted by Crippen LogP contribution is 2.28. The Balaban J connectivity index is 1.52. The number of methoxy groups -OCH3 is 2. The van der Waals surface area contributed by atoms with Crippen molar-refractivity contribution in [1.82, 2.24) is 15.1 Å². The van der Waals surface area contributed by atoms with Crippen LogP contribution < -0.4 is 14.2 Å². The molecule has 8 nitrogen and oxygen atoms in total. The molecule has 32 heavy (non-hydrogen) atoms. The molecule has 0 spiro atoms. The Labute approximate surface area is 191 Å². The number of benzene rings is 2. The van der Waals surface area contributed by atoms with E-state index in [2.05, 4.69) is 10.2 Å². The van der Waals surface area contributed by atoms with Crippen molar-refractivity contribution in [3.05, 3.63) is 59.5 Å². The third-order valence-corrected chi connectivity index (χ3v) is 5.48. The van der Waals surface area contributed by atoms with Gasteiger partial charge in [-0.05, 0) is 49.2 Å². The van der Waals surface area contributed by atoms with Crippen molar-refractivity contribution >= 4 is 17.7 Å². The normalized spacial score (nSPS) is 10.6. The summed E-state index contributed by atoms with van der Waals surface area (Å²) in [6.07, 6.45) is 0. The Morgan fingerprint density at radius 1 is 1.09 bits per heavy atom. The van der Waals surface area contributed by atoms with Gasteiger partial charge in [0.05, 0.1) is 20.0 Å². The van der Waals surface area contributed by atoms with Gasteiger partial charge in [0.25, 0.3) is 11.1 Å². The number of amides is 1. The number of ether oxygens (including phenoxy) is 3. The molecule has 1 heterocycles. The molecule has 0 aliphatic heterocycles. The Morgan fingerprint density at radius 3 is 2.62 bits per heavy atom. The lowest BCUT2D eigenvalue weighted by Crippen LogP contribution is -2.31. The van der Waals surface area contributed by atoms with Crippen molar-refractivity contribution in [3.8, 4) is 17.2 Å². The molecule has 1 amide bonds. The van der Waals surface area contributed by atoms with Crippen LogP contribution in [0.4, 0.5) is 0 Å². The van der Waals surface area contributed by atoms with Crippen LogP contribution in [0, 0.1) is 6.92 Å². The maximum atomic E-state index is 12.7. The lowest BCUT2D eigenvalue weighted by Gasteiger charge is -2.21. The van der Waals surface area contributed by atoms with Gasteiger partial charge in [0.15, 0.2) is 18.1 Å². The zero-order valence-corrected chi connectivity index (χ0v) is 19.5. The second-order valence-electron chi connectivity index (χ2n) is 6.95. The van der Waals surface area contributed by atoms with Crippen LogP contribution in [0.15, 0.2) is 52.1 Å². The van der Waals surface area contributed by atoms with E-state index < -0.39 is 0 Å². The summed E-state index contributed by atoms with van der Waals surface area (Å²) >= 11 is 1.21. The summed E-state index contributed by atoms with van der Waals surface area (Å²) in [4.78, 5) is 14.5. The average Bonchev–Trinajstić information content (AvgIpc) is 3.27. The van der Waals surface area contributed by atoms with Crippen LogP contribution in [0.2, 0.25) is 0 Å². The van der Waals surface area contributed by atoms with Gasteiger partial charge in [-0.15, -0.1) is 10.2 Å². The van der Waals surface area contributed by atoms with Gasteiger partial charge in [0, 0.05) is 13.1 Å². The van der Waals surface area contributed by atoms with Crippen LogP contribution in [0.25, 0.3) is 0 Å². The topological polar surface area (TPSA) is 86.9 Å². The Hall–Kier alpha value is -3.20. The smallest absolute Gasteiger partial charge is 0.277 e. The Kier molecular flexibility index (Phi) is 8.38. The monoisotopic (exact) mass is 457 g/mol. The molecule has 2 aromatic carbocycles. The van der Waals surface area contributed by atoms with E-state index in [0.29, 0.717) is 35.7 Å². The number of carbonyl (C=O) groups is 1. The highest BCUT2D eigenvalue weighted by atomic mass is 32.2. The molecule has 0 N–H and O–H groups in total. The maximum Gasteiger partial charge on any atom is 0.277 e. The van der Waals surface area contributed by atoms with Crippen LogP contribution in [-0.4, -0.2) is 47.5 Å². The summed E-state index contributed by atoms with van der Waals surface area (Å²) in [5.74, 6) is 2.55. The average molecular weight is 458 g/mol. The summed E-state index contributed by atoms with van der Waals surface area (Å²) in [5.41, 5.74) is 2.06. The fraction of sp³-hybridized carbons (Fsp3) is 0.348. The van der Waals surface area contributed by atoms with Crippen LogP contribution in [0.3, 0.4) is 0 Å². The van der Waals surface area contributed by atoms with Crippen molar-refractivity contribution in [2.75, 3.05) is 26.5 Å². The molecule has 170 valence electrons. The minimum Gasteiger partial charge on any atom is -0.493 e. The zero-order valence-electron chi connectivity index (χ0n) is 18.7. The van der Waals surface area contributed by atoms with Crippen LogP contribution in [0.5, 0.6) is 17.2 Å². The predicted molar refractivity (Wildman–Crippen MR) is 121 cm³/mol. The van der Waals surface area contributed by atoms with Gasteiger partial charge in [0.1, 0.15) is 5.75 Å². The molecule has 0 saturated carbocycles. The van der Waals surface area contributed by atoms with Crippen LogP contribution in [0.1, 0.15) is 23.9 Å². The third kappa shape index (κ3) is 6.40. The minimum absolute atomic E-state index is 0.0250. The number of hydrogen-bond donors (Lipinski definition) is 0. The van der Waals surface area contributed by atoms with Gasteiger partial charge in [-0.3, -0.25) is 4.79 Å². The van der Waals surface area contributed by atoms with Gasteiger partial charge in [-0.1, -0.05) is 30.0 Å². The van der Waals surface area contributed by atoms with Crippen LogP contribution in [-0.2, 0) is 17.9 Å². The largest absolute Gasteiger partial charge is 0.493 e. The quantitative estimate of drug-likeness (QED) is 0.398. The second kappa shape index (κ2) is 11.4. The van der Waals surface area contributed by atoms with Crippen LogP contribution >= 0.6 is 11.8 Å². The van der Waals surface area contributed by atoms with Gasteiger partial charge in [-0.25, -0.2) is 0 Å². The summed E-state index contributed by atoms with van der Waals surface area (Å²) < 4.78 is 21.9. The van der Waals surface area contributed by atoms with E-state index >= 15 is 0 Å². The van der Waals surface area contributed by atoms with Crippen molar-refractivity contribution in [2.45, 2.75) is 32.2 Å². The lowest BCUT2D eigenvalue weighted by atomic mass is 10.2. The molecule has 3 aromatic rings. The number of aryl methyl sites for hydroxylation is 1. The summed E-state index contributed by atoms with van der Waals surface area (Å²) in [6.45, 7) is 5.15. The molecule has 0 unspecified atom stereocenters. The van der Waals surface area contributed by atoms with Crippen molar-refractivity contribution < 1.29 is 23.4 Å². The number of thioether (sulfide) groups is 1. The second-order valence-corrected chi connectivity index (χ2v) is 7.88. The molecule has 0 saturated heterocycles. The van der Waals surface area contributed by atoms with Gasteiger partial charge in [-0.2, -0.15) is 0 Å². The number of nitrogens with zero attached hydrogens (tertiary/aromatic N) is 3. The highest BCUT2D eigenvalue weighted by molar-refractivity contribution is 7.99. The van der Waals surface area contributed by atoms with Gasteiger partial charge < -0.3 is 23.5 Å². The van der Waals surface area contributed by atoms with Crippen molar-refractivity contribution in [2.24, 2.45) is 0 Å². The molecule has 0 radical (unpaired) electrons. The van der Waals surface area contributed by atoms with E-state index in [9.17, 15) is 4.79 Å². The van der Waals surface area contributed by atoms with E-state index in [1.54, 1.807) is 19.1 Å². The molecule has 3 rings (SSSR count). The molecule has 1 aromatic heterocycles. The molecule has 9 heteroatoms. The van der Waals surface area contributed by atoms with Gasteiger partial charge in [0.2, 0.25) is 5.91 Å². The molecular formula is C23H27N3O5S. The van der Waals surface area contributed by atoms with Gasteiger partial charge >= 0.3 is 0 Å². The van der Waals surface area contributed by atoms with Crippen molar-refractivity contribution in [1.29, 1.82) is 0 Å². The van der Waals surface area contributed by atoms with E-state index in [-0.39, 0.29) is 18.3 Å². The number of aromatic nitrogens is 2. The number of rotatable bonds is 11. The zero-order chi connectivity index (χ0) is 22.9. The fourth-order valence-corrected chi connectivity index (χ4v) is 3.68. The molecule has 0 aliphatic rings. The SMILES string of the molecule is CCN(Cc1ccc(OC)c(OC)c1)C(=O)CSc1nnc(COc2cccc(C)c2)o1. The number of hydrogen-bond acceptors (Lipinski definition) is 8. The Bertz CT molecular complexity index is 1040. The van der Waals surface area contributed by atoms with E-state index in [4.69, 9.17) is 18.6 Å². The summed E-state index contributed by atoms with van der Waals surface area (Å²) in [6, 6.07) is 13.4. The molecule has 0 fully saturated rings. The van der Waals surface area contributed by atoms with Crippen molar-refractivity contribution in [3.63, 3.8) is 0 Å². The highest BCUT2D eigenvalue weighted by Gasteiger charge is 2.16. The first-order valence-corrected chi connectivity index (χ1v) is 11.1. The van der Waals surface area contributed by atoms with E-state index in [1.807, 2.05) is 56.3 Å². The summed E-state index contributed by atoms with van der Waals surface area (Å²) in [7, 11) is 3.18. The Morgan fingerprint density at radius 2 is 1.91 bits per heavy atom. The standard InChI is InChI=1S/C23H27N3O5S/c1-5-26(13-17-9-10-19(28-3)20(12-17)29-4)22(27)15-32-23-25-24-21(31-23)14-30-18-8-6-7-16(2)11-18/h6-12H,5,13-15H2,1-4H3. The molecule has 0 aliphatic carbocycles. The first kappa shape index (κ1) is 23.5. The first-order valence-electron chi connectivity index (χ1n) is 10.2.